The predicted molar refractivity (Wildman–Crippen MR) is 144 cm³/mol. The first kappa shape index (κ1) is 27.8. The van der Waals surface area contributed by atoms with E-state index in [0.29, 0.717) is 36.0 Å². The average molecular weight is 549 g/mol. The SMILES string of the molecule is COCCOc1cc(OC)cc([C@H](Nc2ccc(C(=N)N)c(OC(C)=O)c2)c2nn(-c3ncccn3)c(=O)[nH]2)c1. The summed E-state index contributed by atoms with van der Waals surface area (Å²) < 4.78 is 22.7. The van der Waals surface area contributed by atoms with Gasteiger partial charge in [-0.25, -0.2) is 14.8 Å². The minimum Gasteiger partial charge on any atom is -0.497 e. The summed E-state index contributed by atoms with van der Waals surface area (Å²) >= 11 is 0. The number of benzene rings is 2. The van der Waals surface area contributed by atoms with Crippen molar-refractivity contribution < 1.29 is 23.7 Å². The first-order valence-electron chi connectivity index (χ1n) is 12.0. The Labute approximate surface area is 228 Å². The summed E-state index contributed by atoms with van der Waals surface area (Å²) in [5.41, 5.74) is 6.45. The number of nitrogens with one attached hydrogen (secondary N) is 3. The summed E-state index contributed by atoms with van der Waals surface area (Å²) in [5, 5.41) is 15.6. The van der Waals surface area contributed by atoms with Crippen LogP contribution in [0.25, 0.3) is 5.95 Å². The molecule has 0 saturated heterocycles. The topological polar surface area (TPSA) is 192 Å². The highest BCUT2D eigenvalue weighted by Crippen LogP contribution is 2.33. The van der Waals surface area contributed by atoms with Gasteiger partial charge in [0, 0.05) is 44.2 Å². The summed E-state index contributed by atoms with van der Waals surface area (Å²) in [4.78, 5) is 35.5. The van der Waals surface area contributed by atoms with Crippen LogP contribution in [0.2, 0.25) is 0 Å². The average Bonchev–Trinajstić information content (AvgIpc) is 3.32. The van der Waals surface area contributed by atoms with E-state index in [4.69, 9.17) is 30.1 Å². The summed E-state index contributed by atoms with van der Waals surface area (Å²) in [5.74, 6) is 0.555. The molecule has 0 fully saturated rings. The molecule has 2 heterocycles. The fraction of sp³-hybridized carbons (Fsp3) is 0.231. The highest BCUT2D eigenvalue weighted by Gasteiger charge is 2.23. The lowest BCUT2D eigenvalue weighted by molar-refractivity contribution is -0.131. The van der Waals surface area contributed by atoms with Crippen molar-refractivity contribution in [3.8, 4) is 23.2 Å². The van der Waals surface area contributed by atoms with E-state index in [0.717, 1.165) is 4.68 Å². The van der Waals surface area contributed by atoms with Crippen LogP contribution < -0.4 is 31.0 Å². The number of carbonyl (C=O) groups excluding carboxylic acids is 1. The molecule has 0 bridgehead atoms. The van der Waals surface area contributed by atoms with Crippen molar-refractivity contribution in [3.63, 3.8) is 0 Å². The van der Waals surface area contributed by atoms with Crippen LogP contribution in [-0.2, 0) is 9.53 Å². The van der Waals surface area contributed by atoms with Gasteiger partial charge in [-0.05, 0) is 35.9 Å². The van der Waals surface area contributed by atoms with Gasteiger partial charge in [-0.15, -0.1) is 9.78 Å². The number of nitrogens with two attached hydrogens (primary N) is 1. The van der Waals surface area contributed by atoms with Crippen LogP contribution in [-0.4, -0.2) is 64.0 Å². The number of aromatic nitrogens is 5. The fourth-order valence-electron chi connectivity index (χ4n) is 3.76. The van der Waals surface area contributed by atoms with Crippen molar-refractivity contribution in [2.24, 2.45) is 5.73 Å². The number of anilines is 1. The lowest BCUT2D eigenvalue weighted by atomic mass is 10.0. The van der Waals surface area contributed by atoms with Crippen LogP contribution in [0.4, 0.5) is 5.69 Å². The van der Waals surface area contributed by atoms with Crippen molar-refractivity contribution in [1.29, 1.82) is 5.41 Å². The lowest BCUT2D eigenvalue weighted by Crippen LogP contribution is -2.18. The van der Waals surface area contributed by atoms with Gasteiger partial charge in [-0.1, -0.05) is 0 Å². The third-order valence-corrected chi connectivity index (χ3v) is 5.51. The Morgan fingerprint density at radius 2 is 1.88 bits per heavy atom. The first-order chi connectivity index (χ1) is 19.3. The maximum Gasteiger partial charge on any atom is 0.350 e. The molecule has 0 aliphatic heterocycles. The monoisotopic (exact) mass is 548 g/mol. The second-order valence-corrected chi connectivity index (χ2v) is 8.35. The van der Waals surface area contributed by atoms with E-state index < -0.39 is 17.7 Å². The molecule has 0 amide bonds. The van der Waals surface area contributed by atoms with Crippen molar-refractivity contribution in [2.75, 3.05) is 32.8 Å². The Balaban J connectivity index is 1.82. The number of nitrogens with zero attached hydrogens (tertiary/aromatic N) is 4. The number of methoxy groups -OCH3 is 2. The second kappa shape index (κ2) is 12.5. The Bertz CT molecular complexity index is 1550. The zero-order valence-corrected chi connectivity index (χ0v) is 22.0. The highest BCUT2D eigenvalue weighted by atomic mass is 16.5. The lowest BCUT2D eigenvalue weighted by Gasteiger charge is -2.21. The molecule has 2 aromatic heterocycles. The van der Waals surface area contributed by atoms with Crippen molar-refractivity contribution >= 4 is 17.5 Å². The number of amidine groups is 1. The third-order valence-electron chi connectivity index (χ3n) is 5.51. The molecule has 0 aliphatic rings. The molecule has 0 spiro atoms. The molecule has 0 aliphatic carbocycles. The van der Waals surface area contributed by atoms with Crippen LogP contribution in [0.15, 0.2) is 59.7 Å². The van der Waals surface area contributed by atoms with Crippen LogP contribution in [0.1, 0.15) is 29.9 Å². The van der Waals surface area contributed by atoms with Gasteiger partial charge >= 0.3 is 11.7 Å². The molecule has 5 N–H and O–H groups in total. The Hall–Kier alpha value is -5.24. The molecule has 2 aromatic carbocycles. The van der Waals surface area contributed by atoms with Gasteiger partial charge in [0.25, 0.3) is 5.95 Å². The Kier molecular flexibility index (Phi) is 8.71. The maximum atomic E-state index is 12.9. The Morgan fingerprint density at radius 3 is 2.55 bits per heavy atom. The molecular formula is C26H28N8O6. The molecule has 0 saturated carbocycles. The van der Waals surface area contributed by atoms with Crippen LogP contribution in [0, 0.1) is 5.41 Å². The smallest absolute Gasteiger partial charge is 0.350 e. The number of esters is 1. The third kappa shape index (κ3) is 6.60. The molecule has 14 nitrogen and oxygen atoms in total. The fourth-order valence-corrected chi connectivity index (χ4v) is 3.76. The van der Waals surface area contributed by atoms with E-state index in [2.05, 4.69) is 25.4 Å². The summed E-state index contributed by atoms with van der Waals surface area (Å²) in [6, 6.07) is 10.8. The number of ether oxygens (including phenoxy) is 4. The van der Waals surface area contributed by atoms with Gasteiger partial charge < -0.3 is 30.0 Å². The predicted octanol–water partition coefficient (Wildman–Crippen LogP) is 1.80. The standard InChI is InChI=1S/C26H28N8O6/c1-15(35)40-21-13-17(5-6-20(21)23(27)28)31-22(16-11-18(38-3)14-19(12-16)39-10-9-37-2)24-32-26(36)34(33-24)25-29-7-4-8-30-25/h4-8,11-14,22,31H,9-10H2,1-3H3,(H3,27,28)(H,32,33,36)/t22-/m0/s1. The van der Waals surface area contributed by atoms with E-state index in [1.165, 1.54) is 32.5 Å². The number of hydrogen-bond acceptors (Lipinski definition) is 11. The van der Waals surface area contributed by atoms with Gasteiger partial charge in [0.15, 0.2) is 5.82 Å². The highest BCUT2D eigenvalue weighted by molar-refractivity contribution is 5.98. The van der Waals surface area contributed by atoms with Gasteiger partial charge in [-0.2, -0.15) is 0 Å². The number of nitrogen functional groups attached to an aromatic ring is 1. The minimum absolute atomic E-state index is 0.0888. The largest absolute Gasteiger partial charge is 0.497 e. The van der Waals surface area contributed by atoms with Gasteiger partial charge in [0.05, 0.1) is 19.3 Å². The molecule has 4 aromatic rings. The molecule has 0 radical (unpaired) electrons. The summed E-state index contributed by atoms with van der Waals surface area (Å²) in [6.07, 6.45) is 3.00. The number of hydrogen-bond donors (Lipinski definition) is 4. The van der Waals surface area contributed by atoms with Crippen LogP contribution in [0.3, 0.4) is 0 Å². The molecule has 4 rings (SSSR count). The van der Waals surface area contributed by atoms with Gasteiger partial charge in [0.2, 0.25) is 0 Å². The van der Waals surface area contributed by atoms with Gasteiger partial charge in [0.1, 0.15) is 35.7 Å². The van der Waals surface area contributed by atoms with Crippen molar-refractivity contribution in [3.05, 3.63) is 82.3 Å². The maximum absolute atomic E-state index is 12.9. The second-order valence-electron chi connectivity index (χ2n) is 8.35. The first-order valence-corrected chi connectivity index (χ1v) is 12.0. The molecule has 14 heteroatoms. The number of H-pyrrole nitrogens is 1. The quantitative estimate of drug-likeness (QED) is 0.0663. The summed E-state index contributed by atoms with van der Waals surface area (Å²) in [7, 11) is 3.10. The molecule has 1 atom stereocenters. The van der Waals surface area contributed by atoms with E-state index in [9.17, 15) is 9.59 Å². The zero-order chi connectivity index (χ0) is 28.6. The van der Waals surface area contributed by atoms with Crippen LogP contribution in [0.5, 0.6) is 17.2 Å². The van der Waals surface area contributed by atoms with Crippen molar-refractivity contribution in [2.45, 2.75) is 13.0 Å². The number of aromatic amines is 1. The van der Waals surface area contributed by atoms with Crippen LogP contribution >= 0.6 is 0 Å². The normalized spacial score (nSPS) is 11.5. The molecular weight excluding hydrogens is 520 g/mol. The molecule has 208 valence electrons. The Morgan fingerprint density at radius 1 is 1.12 bits per heavy atom. The summed E-state index contributed by atoms with van der Waals surface area (Å²) in [6.45, 7) is 1.93. The zero-order valence-electron chi connectivity index (χ0n) is 22.0. The molecule has 40 heavy (non-hydrogen) atoms. The minimum atomic E-state index is -0.772. The van der Waals surface area contributed by atoms with E-state index in [1.54, 1.807) is 43.5 Å². The number of rotatable bonds is 12. The van der Waals surface area contributed by atoms with E-state index >= 15 is 0 Å². The van der Waals surface area contributed by atoms with Gasteiger partial charge in [-0.3, -0.25) is 15.2 Å². The van der Waals surface area contributed by atoms with Crippen molar-refractivity contribution in [1.82, 2.24) is 24.7 Å². The van der Waals surface area contributed by atoms with E-state index in [1.807, 2.05) is 0 Å². The number of carbonyl (C=O) groups is 1. The van der Waals surface area contributed by atoms with E-state index in [-0.39, 0.29) is 28.9 Å². The molecule has 0 unspecified atom stereocenters.